The lowest BCUT2D eigenvalue weighted by Crippen LogP contribution is -2.55. The molecule has 4 aliphatic heterocycles. The van der Waals surface area contributed by atoms with E-state index in [-0.39, 0.29) is 23.8 Å². The summed E-state index contributed by atoms with van der Waals surface area (Å²) in [6, 6.07) is 12.6. The molecule has 5 heterocycles. The van der Waals surface area contributed by atoms with Crippen LogP contribution in [0.25, 0.3) is 22.2 Å². The Hall–Kier alpha value is -3.41. The molecule has 5 atom stereocenters. The van der Waals surface area contributed by atoms with Crippen molar-refractivity contribution in [2.75, 3.05) is 33.9 Å². The van der Waals surface area contributed by atoms with Crippen LogP contribution < -0.4 is 14.8 Å². The van der Waals surface area contributed by atoms with Gasteiger partial charge in [0.15, 0.2) is 0 Å². The Labute approximate surface area is 301 Å². The quantitative estimate of drug-likeness (QED) is 0.297. The highest BCUT2D eigenvalue weighted by molar-refractivity contribution is 7.90. The summed E-state index contributed by atoms with van der Waals surface area (Å²) in [6.07, 6.45) is 9.76. The molecule has 2 bridgehead atoms. The second-order valence-corrected chi connectivity index (χ2v) is 18.2. The minimum atomic E-state index is -3.82. The first-order chi connectivity index (χ1) is 24.6. The lowest BCUT2D eigenvalue weighted by molar-refractivity contribution is -0.129. The van der Waals surface area contributed by atoms with Gasteiger partial charge in [-0.1, -0.05) is 25.3 Å². The zero-order valence-electron chi connectivity index (χ0n) is 30.4. The highest BCUT2D eigenvalue weighted by atomic mass is 32.2. The average Bonchev–Trinajstić information content (AvgIpc) is 3.71. The number of ether oxygens (including phenoxy) is 2. The summed E-state index contributed by atoms with van der Waals surface area (Å²) in [5.74, 6) is 0.808. The number of sulfonamides is 1. The summed E-state index contributed by atoms with van der Waals surface area (Å²) in [6.45, 7) is 5.99. The number of piperidine rings is 1. The number of hydrogen-bond donors (Lipinski definition) is 2. The minimum absolute atomic E-state index is 0.0318. The van der Waals surface area contributed by atoms with Gasteiger partial charge < -0.3 is 19.4 Å². The van der Waals surface area contributed by atoms with E-state index in [2.05, 4.69) is 31.6 Å². The summed E-state index contributed by atoms with van der Waals surface area (Å²) < 4.78 is 41.4. The molecule has 3 aromatic rings. The molecular formula is C40H52N4O6S. The normalized spacial score (nSPS) is 27.9. The minimum Gasteiger partial charge on any atom is -0.497 e. The second-order valence-electron chi connectivity index (χ2n) is 16.0. The Morgan fingerprint density at radius 3 is 2.55 bits per heavy atom. The molecule has 2 aliphatic carbocycles. The molecule has 0 radical (unpaired) electrons. The number of amides is 2. The van der Waals surface area contributed by atoms with Crippen LogP contribution >= 0.6 is 0 Å². The molecule has 2 N–H and O–H groups in total. The van der Waals surface area contributed by atoms with Crippen LogP contribution in [0.3, 0.4) is 0 Å². The number of hydrogen-bond acceptors (Lipinski definition) is 7. The van der Waals surface area contributed by atoms with Crippen molar-refractivity contribution in [2.24, 2.45) is 11.3 Å². The fourth-order valence-corrected chi connectivity index (χ4v) is 10.8. The Morgan fingerprint density at radius 1 is 1.02 bits per heavy atom. The Kier molecular flexibility index (Phi) is 8.98. The zero-order chi connectivity index (χ0) is 35.7. The van der Waals surface area contributed by atoms with Gasteiger partial charge in [-0.25, -0.2) is 13.1 Å². The molecule has 2 saturated carbocycles. The molecule has 10 nitrogen and oxygen atoms in total. The van der Waals surface area contributed by atoms with Crippen LogP contribution in [0.2, 0.25) is 0 Å². The van der Waals surface area contributed by atoms with Crippen LogP contribution in [0.5, 0.6) is 5.75 Å². The van der Waals surface area contributed by atoms with Crippen molar-refractivity contribution in [2.45, 2.75) is 107 Å². The van der Waals surface area contributed by atoms with Gasteiger partial charge in [-0.05, 0) is 106 Å². The number of nitrogens with one attached hydrogen (secondary N) is 2. The van der Waals surface area contributed by atoms with E-state index < -0.39 is 26.6 Å². The molecule has 1 spiro atoms. The van der Waals surface area contributed by atoms with Crippen LogP contribution in [0.4, 0.5) is 0 Å². The molecule has 5 fully saturated rings. The van der Waals surface area contributed by atoms with Gasteiger partial charge >= 0.3 is 0 Å². The molecule has 11 heteroatoms. The van der Waals surface area contributed by atoms with E-state index in [0.717, 1.165) is 79.5 Å². The maximum atomic E-state index is 15.0. The van der Waals surface area contributed by atoms with Gasteiger partial charge in [0.1, 0.15) is 5.75 Å². The number of nitrogens with zero attached hydrogens (tertiary/aromatic N) is 2. The van der Waals surface area contributed by atoms with Crippen LogP contribution in [0.15, 0.2) is 36.4 Å². The highest BCUT2D eigenvalue weighted by Crippen LogP contribution is 2.71. The summed E-state index contributed by atoms with van der Waals surface area (Å²) in [5, 5.41) is 3.91. The lowest BCUT2D eigenvalue weighted by atomic mass is 9.81. The summed E-state index contributed by atoms with van der Waals surface area (Å²) in [4.78, 5) is 31.0. The first-order valence-corrected chi connectivity index (χ1v) is 20.6. The third kappa shape index (κ3) is 5.78. The van der Waals surface area contributed by atoms with Gasteiger partial charge in [-0.2, -0.15) is 0 Å². The monoisotopic (exact) mass is 716 g/mol. The maximum Gasteiger partial charge on any atom is 0.264 e. The van der Waals surface area contributed by atoms with Crippen molar-refractivity contribution in [3.8, 4) is 17.0 Å². The zero-order valence-corrected chi connectivity index (χ0v) is 31.2. The number of carbonyl (C=O) groups is 2. The van der Waals surface area contributed by atoms with Crippen LogP contribution in [-0.2, 0) is 26.1 Å². The molecule has 9 rings (SSSR count). The SMILES string of the molecule is COCCN1CC2CCC1CCC1[C@H]3c4cc(OC)ccc4-c4c(C5CCCCC5)c5ccc(C(=O)NS(=O)(=O)C(C)C)cc5n4C[C@@]13C(=O)N2. The first kappa shape index (κ1) is 34.7. The standard InChI is InChI=1S/C40H52N4O6S/c1-24(2)51(47,48)42-38(45)26-10-15-31-34(20-26)44-23-40-33(17-13-28-12-11-27(41-39(40)46)22-43(28)18-19-49-3)36(40)32-21-29(50-4)14-16-30(32)37(44)35(31)25-8-6-5-7-9-25/h10,14-16,20-21,24-25,27-28,33,36H,5-9,11-13,17-19,22-23H2,1-4H3,(H,41,46)(H,42,45)/t27?,28?,33?,36-,40-/m1/s1. The molecule has 51 heavy (non-hydrogen) atoms. The van der Waals surface area contributed by atoms with Crippen LogP contribution in [0.1, 0.15) is 105 Å². The Bertz CT molecular complexity index is 1970. The molecular weight excluding hydrogens is 665 g/mol. The molecule has 3 unspecified atom stereocenters. The van der Waals surface area contributed by atoms with Gasteiger partial charge in [0.05, 0.1) is 30.1 Å². The third-order valence-corrected chi connectivity index (χ3v) is 14.7. The molecule has 2 amide bonds. The highest BCUT2D eigenvalue weighted by Gasteiger charge is 2.71. The smallest absolute Gasteiger partial charge is 0.264 e. The summed E-state index contributed by atoms with van der Waals surface area (Å²) in [5.41, 5.74) is 5.28. The van der Waals surface area contributed by atoms with Crippen LogP contribution in [0, 0.1) is 11.3 Å². The van der Waals surface area contributed by atoms with Crippen molar-refractivity contribution < 1.29 is 27.5 Å². The van der Waals surface area contributed by atoms with Gasteiger partial charge in [-0.15, -0.1) is 0 Å². The Morgan fingerprint density at radius 2 is 1.80 bits per heavy atom. The van der Waals surface area contributed by atoms with Crippen molar-refractivity contribution >= 4 is 32.7 Å². The topological polar surface area (TPSA) is 119 Å². The number of benzene rings is 2. The van der Waals surface area contributed by atoms with Crippen molar-refractivity contribution in [1.82, 2.24) is 19.5 Å². The first-order valence-electron chi connectivity index (χ1n) is 19.0. The van der Waals surface area contributed by atoms with Crippen molar-refractivity contribution in [1.29, 1.82) is 0 Å². The fourth-order valence-electron chi connectivity index (χ4n) is 10.2. The predicted molar refractivity (Wildman–Crippen MR) is 198 cm³/mol. The van der Waals surface area contributed by atoms with E-state index in [0.29, 0.717) is 30.7 Å². The molecule has 6 aliphatic rings. The van der Waals surface area contributed by atoms with E-state index in [1.54, 1.807) is 34.1 Å². The number of carbonyl (C=O) groups excluding carboxylic acids is 2. The second kappa shape index (κ2) is 13.2. The van der Waals surface area contributed by atoms with Crippen LogP contribution in [-0.4, -0.2) is 80.9 Å². The van der Waals surface area contributed by atoms with Gasteiger partial charge in [-0.3, -0.25) is 14.5 Å². The molecule has 1 aromatic heterocycles. The van der Waals surface area contributed by atoms with E-state index in [1.807, 2.05) is 18.2 Å². The van der Waals surface area contributed by atoms with Gasteiger partial charge in [0.2, 0.25) is 15.9 Å². The average molecular weight is 717 g/mol. The van der Waals surface area contributed by atoms with Gasteiger partial charge in [0.25, 0.3) is 5.91 Å². The number of rotatable bonds is 8. The largest absolute Gasteiger partial charge is 0.497 e. The predicted octanol–water partition coefficient (Wildman–Crippen LogP) is 5.94. The molecule has 3 saturated heterocycles. The van der Waals surface area contributed by atoms with Crippen molar-refractivity contribution in [3.05, 3.63) is 53.1 Å². The van der Waals surface area contributed by atoms with E-state index >= 15 is 0 Å². The van der Waals surface area contributed by atoms with E-state index in [9.17, 15) is 18.0 Å². The molecule has 2 aromatic carbocycles. The number of fused-ring (bicyclic) bond motifs is 10. The summed E-state index contributed by atoms with van der Waals surface area (Å²) >= 11 is 0. The fraction of sp³-hybridized carbons (Fsp3) is 0.600. The number of methoxy groups -OCH3 is 2. The van der Waals surface area contributed by atoms with E-state index in [1.165, 1.54) is 30.4 Å². The maximum absolute atomic E-state index is 15.0. The number of aromatic nitrogens is 1. The molecule has 274 valence electrons. The summed E-state index contributed by atoms with van der Waals surface area (Å²) in [7, 11) is -0.367. The lowest BCUT2D eigenvalue weighted by Gasteiger charge is -2.41. The Balaban J connectivity index is 1.30. The third-order valence-electron chi connectivity index (χ3n) is 13.0. The van der Waals surface area contributed by atoms with Crippen molar-refractivity contribution in [3.63, 3.8) is 0 Å². The van der Waals surface area contributed by atoms with Gasteiger partial charge in [0, 0.05) is 66.8 Å². The van der Waals surface area contributed by atoms with E-state index in [4.69, 9.17) is 9.47 Å².